The van der Waals surface area contributed by atoms with Crippen LogP contribution in [-0.4, -0.2) is 12.1 Å². The number of halogens is 3. The maximum absolute atomic E-state index is 13.4. The molecule has 1 N–H and O–H groups in total. The molecular weight excluding hydrogens is 431 g/mol. The van der Waals surface area contributed by atoms with Crippen molar-refractivity contribution in [3.63, 3.8) is 0 Å². The Labute approximate surface area is 147 Å². The van der Waals surface area contributed by atoms with Crippen LogP contribution in [0.15, 0.2) is 60.9 Å². The molecule has 0 radical (unpaired) electrons. The molecule has 0 saturated carbocycles. The summed E-state index contributed by atoms with van der Waals surface area (Å²) in [5.41, 5.74) is 3.16. The molecule has 1 amide bonds. The summed E-state index contributed by atoms with van der Waals surface area (Å²) in [5.74, 6) is -0.815. The molecule has 1 aromatic heterocycles. The number of hydrogen-bond donors (Lipinski definition) is 1. The molecule has 0 atom stereocenters. The van der Waals surface area contributed by atoms with Crippen LogP contribution in [0.25, 0.3) is 11.0 Å². The molecular formula is C16H9Br2FN2O2. The highest BCUT2D eigenvalue weighted by molar-refractivity contribution is 9.11. The third-order valence-electron chi connectivity index (χ3n) is 3.03. The maximum Gasteiger partial charge on any atom is 0.307 e. The quantitative estimate of drug-likeness (QED) is 0.468. The fourth-order valence-electron chi connectivity index (χ4n) is 1.98. The normalized spacial score (nSPS) is 11.3. The van der Waals surface area contributed by atoms with Gasteiger partial charge in [-0.1, -0.05) is 34.1 Å². The van der Waals surface area contributed by atoms with Gasteiger partial charge in [0.25, 0.3) is 0 Å². The topological polar surface area (TPSA) is 54.6 Å². The van der Waals surface area contributed by atoms with Gasteiger partial charge in [0, 0.05) is 15.4 Å². The van der Waals surface area contributed by atoms with Gasteiger partial charge in [-0.3, -0.25) is 4.79 Å². The molecule has 0 spiro atoms. The standard InChI is InChI=1S/C16H9Br2FN2O2/c17-11-5-10-6-14(23-15(10)12(18)7-11)16(22)21-20-8-9-3-1-2-4-13(9)19/h1-8H,(H,21,22)/b20-8-. The molecule has 116 valence electrons. The summed E-state index contributed by atoms with van der Waals surface area (Å²) in [6.07, 6.45) is 1.24. The number of benzene rings is 2. The highest BCUT2D eigenvalue weighted by Crippen LogP contribution is 2.30. The van der Waals surface area contributed by atoms with Crippen molar-refractivity contribution in [2.75, 3.05) is 0 Å². The van der Waals surface area contributed by atoms with Gasteiger partial charge in [0.2, 0.25) is 0 Å². The molecule has 0 aliphatic rings. The first-order chi connectivity index (χ1) is 11.0. The van der Waals surface area contributed by atoms with E-state index in [2.05, 4.69) is 42.4 Å². The molecule has 3 rings (SSSR count). The minimum atomic E-state index is -0.517. The zero-order valence-corrected chi connectivity index (χ0v) is 14.7. The lowest BCUT2D eigenvalue weighted by Crippen LogP contribution is -2.16. The first kappa shape index (κ1) is 15.9. The third-order valence-corrected chi connectivity index (χ3v) is 4.08. The molecule has 0 unspecified atom stereocenters. The zero-order chi connectivity index (χ0) is 16.4. The van der Waals surface area contributed by atoms with E-state index in [1.54, 1.807) is 24.3 Å². The lowest BCUT2D eigenvalue weighted by molar-refractivity contribution is 0.0929. The third kappa shape index (κ3) is 3.51. The van der Waals surface area contributed by atoms with Gasteiger partial charge in [0.05, 0.1) is 10.7 Å². The first-order valence-electron chi connectivity index (χ1n) is 6.51. The van der Waals surface area contributed by atoms with E-state index in [-0.39, 0.29) is 11.3 Å². The Kier molecular flexibility index (Phi) is 4.58. The number of nitrogens with one attached hydrogen (secondary N) is 1. The summed E-state index contributed by atoms with van der Waals surface area (Å²) in [6, 6.07) is 11.4. The first-order valence-corrected chi connectivity index (χ1v) is 8.10. The molecule has 7 heteroatoms. The lowest BCUT2D eigenvalue weighted by Gasteiger charge is -1.97. The number of amides is 1. The summed E-state index contributed by atoms with van der Waals surface area (Å²) in [5, 5.41) is 4.52. The minimum absolute atomic E-state index is 0.115. The van der Waals surface area contributed by atoms with E-state index in [0.717, 1.165) is 14.3 Å². The van der Waals surface area contributed by atoms with E-state index in [1.165, 1.54) is 12.3 Å². The molecule has 0 bridgehead atoms. The van der Waals surface area contributed by atoms with E-state index >= 15 is 0 Å². The van der Waals surface area contributed by atoms with E-state index in [4.69, 9.17) is 4.42 Å². The van der Waals surface area contributed by atoms with Crippen LogP contribution in [-0.2, 0) is 0 Å². The van der Waals surface area contributed by atoms with Crippen LogP contribution in [0.2, 0.25) is 0 Å². The van der Waals surface area contributed by atoms with Crippen LogP contribution < -0.4 is 5.43 Å². The number of furan rings is 1. The molecule has 23 heavy (non-hydrogen) atoms. The molecule has 0 aliphatic carbocycles. The monoisotopic (exact) mass is 438 g/mol. The second-order valence-corrected chi connectivity index (χ2v) is 6.41. The highest BCUT2D eigenvalue weighted by atomic mass is 79.9. The molecule has 0 saturated heterocycles. The van der Waals surface area contributed by atoms with Gasteiger partial charge in [-0.2, -0.15) is 5.10 Å². The number of nitrogens with zero attached hydrogens (tertiary/aromatic N) is 1. The summed E-state index contributed by atoms with van der Waals surface area (Å²) in [4.78, 5) is 12.0. The predicted octanol–water partition coefficient (Wildman–Crippen LogP) is 4.86. The Bertz CT molecular complexity index is 922. The van der Waals surface area contributed by atoms with Gasteiger partial charge in [-0.05, 0) is 40.2 Å². The van der Waals surface area contributed by atoms with Crippen molar-refractivity contribution >= 4 is 55.0 Å². The van der Waals surface area contributed by atoms with Crippen LogP contribution in [0.1, 0.15) is 16.1 Å². The highest BCUT2D eigenvalue weighted by Gasteiger charge is 2.14. The van der Waals surface area contributed by atoms with Crippen molar-refractivity contribution < 1.29 is 13.6 Å². The summed E-state index contributed by atoms with van der Waals surface area (Å²) in [6.45, 7) is 0. The van der Waals surface area contributed by atoms with Gasteiger partial charge >= 0.3 is 5.91 Å². The van der Waals surface area contributed by atoms with Gasteiger partial charge < -0.3 is 4.42 Å². The second kappa shape index (κ2) is 6.64. The molecule has 0 fully saturated rings. The Morgan fingerprint density at radius 2 is 2.00 bits per heavy atom. The summed E-state index contributed by atoms with van der Waals surface area (Å²) >= 11 is 6.75. The van der Waals surface area contributed by atoms with Crippen LogP contribution >= 0.6 is 31.9 Å². The van der Waals surface area contributed by atoms with Crippen molar-refractivity contribution in [1.82, 2.24) is 5.43 Å². The van der Waals surface area contributed by atoms with Crippen LogP contribution in [0.3, 0.4) is 0 Å². The zero-order valence-electron chi connectivity index (χ0n) is 11.5. The van der Waals surface area contributed by atoms with Crippen molar-refractivity contribution in [3.05, 3.63) is 68.6 Å². The second-order valence-electron chi connectivity index (χ2n) is 4.64. The Balaban J connectivity index is 1.79. The van der Waals surface area contributed by atoms with Crippen molar-refractivity contribution in [2.45, 2.75) is 0 Å². The fraction of sp³-hybridized carbons (Fsp3) is 0. The molecule has 2 aromatic carbocycles. The van der Waals surface area contributed by atoms with E-state index < -0.39 is 11.7 Å². The lowest BCUT2D eigenvalue weighted by atomic mass is 10.2. The Hall–Kier alpha value is -1.99. The predicted molar refractivity (Wildman–Crippen MR) is 93.1 cm³/mol. The van der Waals surface area contributed by atoms with Crippen LogP contribution in [0, 0.1) is 5.82 Å². The SMILES string of the molecule is O=C(N/N=C\c1ccccc1F)c1cc2cc(Br)cc(Br)c2o1. The Morgan fingerprint density at radius 1 is 1.22 bits per heavy atom. The van der Waals surface area contributed by atoms with Crippen LogP contribution in [0.4, 0.5) is 4.39 Å². The van der Waals surface area contributed by atoms with E-state index in [9.17, 15) is 9.18 Å². The minimum Gasteiger partial charge on any atom is -0.450 e. The number of carbonyl (C=O) groups excluding carboxylic acids is 1. The van der Waals surface area contributed by atoms with Gasteiger partial charge in [0.1, 0.15) is 11.4 Å². The summed E-state index contributed by atoms with van der Waals surface area (Å²) in [7, 11) is 0. The van der Waals surface area contributed by atoms with E-state index in [0.29, 0.717) is 5.58 Å². The molecule has 3 aromatic rings. The largest absolute Gasteiger partial charge is 0.450 e. The number of hydrogen-bond acceptors (Lipinski definition) is 3. The molecule has 4 nitrogen and oxygen atoms in total. The Morgan fingerprint density at radius 3 is 2.78 bits per heavy atom. The van der Waals surface area contributed by atoms with Crippen LogP contribution in [0.5, 0.6) is 0 Å². The molecule has 1 heterocycles. The number of hydrazone groups is 1. The van der Waals surface area contributed by atoms with Crippen molar-refractivity contribution in [1.29, 1.82) is 0 Å². The number of rotatable bonds is 3. The number of fused-ring (bicyclic) bond motifs is 1. The average Bonchev–Trinajstić information content (AvgIpc) is 2.93. The maximum atomic E-state index is 13.4. The van der Waals surface area contributed by atoms with Crippen molar-refractivity contribution in [3.8, 4) is 0 Å². The van der Waals surface area contributed by atoms with E-state index in [1.807, 2.05) is 12.1 Å². The van der Waals surface area contributed by atoms with Gasteiger partial charge in [-0.15, -0.1) is 0 Å². The fourth-order valence-corrected chi connectivity index (χ4v) is 3.32. The number of carbonyl (C=O) groups is 1. The summed E-state index contributed by atoms with van der Waals surface area (Å²) < 4.78 is 20.5. The molecule has 0 aliphatic heterocycles. The average molecular weight is 440 g/mol. The van der Waals surface area contributed by atoms with Crippen molar-refractivity contribution in [2.24, 2.45) is 5.10 Å². The van der Waals surface area contributed by atoms with Gasteiger partial charge in [-0.25, -0.2) is 9.82 Å². The van der Waals surface area contributed by atoms with Gasteiger partial charge in [0.15, 0.2) is 5.76 Å². The smallest absolute Gasteiger partial charge is 0.307 e.